The summed E-state index contributed by atoms with van der Waals surface area (Å²) in [6.07, 6.45) is 4.66. The van der Waals surface area contributed by atoms with Crippen molar-refractivity contribution in [2.75, 3.05) is 0 Å². The van der Waals surface area contributed by atoms with Gasteiger partial charge in [0.15, 0.2) is 12.4 Å². The maximum Gasteiger partial charge on any atom is 0.283 e. The van der Waals surface area contributed by atoms with E-state index in [4.69, 9.17) is 10.9 Å². The summed E-state index contributed by atoms with van der Waals surface area (Å²) in [7, 11) is 0. The molecule has 1 heterocycles. The summed E-state index contributed by atoms with van der Waals surface area (Å²) in [5, 5.41) is 11.1. The van der Waals surface area contributed by atoms with Crippen molar-refractivity contribution in [3.8, 4) is 0 Å². The average Bonchev–Trinajstić information content (AvgIpc) is 2.08. The first-order chi connectivity index (χ1) is 6.22. The summed E-state index contributed by atoms with van der Waals surface area (Å²) < 4.78 is 1.64. The maximum atomic E-state index is 10.5. The zero-order chi connectivity index (χ0) is 9.68. The van der Waals surface area contributed by atoms with Gasteiger partial charge in [-0.2, -0.15) is 4.57 Å². The maximum absolute atomic E-state index is 10.5. The molecular formula is C8H10IN3O2. The van der Waals surface area contributed by atoms with Crippen LogP contribution in [0.5, 0.6) is 0 Å². The third kappa shape index (κ3) is 4.17. The number of amides is 1. The van der Waals surface area contributed by atoms with Gasteiger partial charge in [0.1, 0.15) is 0 Å². The van der Waals surface area contributed by atoms with Crippen LogP contribution in [0.3, 0.4) is 0 Å². The van der Waals surface area contributed by atoms with E-state index in [1.807, 2.05) is 0 Å². The quantitative estimate of drug-likeness (QED) is 0.198. The van der Waals surface area contributed by atoms with Crippen LogP contribution in [-0.2, 0) is 11.3 Å². The number of pyridine rings is 1. The van der Waals surface area contributed by atoms with Gasteiger partial charge in [-0.3, -0.25) is 4.79 Å². The van der Waals surface area contributed by atoms with E-state index in [1.54, 1.807) is 29.1 Å². The standard InChI is InChI=1S/C8H9N3O2.HI/c9-8(12)6-11-3-1-7(2-4-11)5-10-13;/h1-5H,6H2,(H2,9,12);1H. The number of hydrogen-bond donors (Lipinski definition) is 2. The van der Waals surface area contributed by atoms with Crippen molar-refractivity contribution in [1.29, 1.82) is 0 Å². The van der Waals surface area contributed by atoms with Gasteiger partial charge in [-0.25, -0.2) is 0 Å². The predicted octanol–water partition coefficient (Wildman–Crippen LogP) is -3.73. The number of carbonyl (C=O) groups excluding carboxylic acids is 1. The van der Waals surface area contributed by atoms with E-state index in [0.717, 1.165) is 5.56 Å². The van der Waals surface area contributed by atoms with E-state index in [-0.39, 0.29) is 30.5 Å². The van der Waals surface area contributed by atoms with Crippen LogP contribution >= 0.6 is 0 Å². The van der Waals surface area contributed by atoms with Gasteiger partial charge in [0.05, 0.1) is 6.21 Å². The van der Waals surface area contributed by atoms with E-state index >= 15 is 0 Å². The Balaban J connectivity index is 0.00000169. The van der Waals surface area contributed by atoms with Crippen LogP contribution in [0.1, 0.15) is 5.56 Å². The van der Waals surface area contributed by atoms with Gasteiger partial charge in [0, 0.05) is 17.7 Å². The number of rotatable bonds is 3. The highest BCUT2D eigenvalue weighted by atomic mass is 127. The lowest BCUT2D eigenvalue weighted by molar-refractivity contribution is -0.684. The van der Waals surface area contributed by atoms with Crippen LogP contribution in [0, 0.1) is 0 Å². The van der Waals surface area contributed by atoms with Gasteiger partial charge in [0.25, 0.3) is 5.91 Å². The van der Waals surface area contributed by atoms with Crippen LogP contribution < -0.4 is 34.3 Å². The van der Waals surface area contributed by atoms with Crippen molar-refractivity contribution < 1.29 is 38.5 Å². The molecule has 5 nitrogen and oxygen atoms in total. The highest BCUT2D eigenvalue weighted by Crippen LogP contribution is 1.89. The van der Waals surface area contributed by atoms with Crippen LogP contribution in [-0.4, -0.2) is 17.3 Å². The number of nitrogens with two attached hydrogens (primary N) is 1. The molecule has 0 saturated carbocycles. The summed E-state index contributed by atoms with van der Waals surface area (Å²) >= 11 is 0. The van der Waals surface area contributed by atoms with Crippen molar-refractivity contribution in [2.24, 2.45) is 10.9 Å². The summed E-state index contributed by atoms with van der Waals surface area (Å²) in [6, 6.07) is 3.42. The lowest BCUT2D eigenvalue weighted by Crippen LogP contribution is -3.00. The van der Waals surface area contributed by atoms with Gasteiger partial charge in [-0.15, -0.1) is 0 Å². The Morgan fingerprint density at radius 2 is 2.14 bits per heavy atom. The fraction of sp³-hybridized carbons (Fsp3) is 0.125. The molecule has 0 aliphatic carbocycles. The summed E-state index contributed by atoms with van der Waals surface area (Å²) in [6.45, 7) is 0.149. The lowest BCUT2D eigenvalue weighted by atomic mass is 10.3. The van der Waals surface area contributed by atoms with Gasteiger partial charge < -0.3 is 34.9 Å². The molecule has 14 heavy (non-hydrogen) atoms. The van der Waals surface area contributed by atoms with Crippen molar-refractivity contribution in [3.63, 3.8) is 0 Å². The molecule has 1 aromatic heterocycles. The number of primary amides is 1. The van der Waals surface area contributed by atoms with E-state index in [9.17, 15) is 4.79 Å². The number of carbonyl (C=O) groups is 1. The molecule has 0 bridgehead atoms. The Bertz CT molecular complexity index is 324. The Hall–Kier alpha value is -1.18. The molecule has 0 unspecified atom stereocenters. The number of hydrogen-bond acceptors (Lipinski definition) is 3. The fourth-order valence-electron chi connectivity index (χ4n) is 0.907. The SMILES string of the molecule is NC(=O)C[n+]1ccc(/C=N/O)cc1.[I-]. The third-order valence-corrected chi connectivity index (χ3v) is 1.46. The first-order valence-electron chi connectivity index (χ1n) is 3.67. The summed E-state index contributed by atoms with van der Waals surface area (Å²) in [5.74, 6) is -0.395. The topological polar surface area (TPSA) is 79.6 Å². The Labute approximate surface area is 98.2 Å². The van der Waals surface area contributed by atoms with Crippen LogP contribution in [0.15, 0.2) is 29.7 Å². The Kier molecular flexibility index (Phi) is 5.77. The summed E-state index contributed by atoms with van der Waals surface area (Å²) in [5.41, 5.74) is 5.75. The number of aromatic nitrogens is 1. The molecule has 0 radical (unpaired) electrons. The molecule has 0 aromatic carbocycles. The van der Waals surface area contributed by atoms with Crippen molar-refractivity contribution >= 4 is 12.1 Å². The number of oxime groups is 1. The number of halogens is 1. The van der Waals surface area contributed by atoms with Crippen LogP contribution in [0.25, 0.3) is 0 Å². The molecule has 3 N–H and O–H groups in total. The molecule has 1 aromatic rings. The van der Waals surface area contributed by atoms with E-state index in [2.05, 4.69) is 5.16 Å². The molecule has 0 saturated heterocycles. The first-order valence-corrected chi connectivity index (χ1v) is 3.67. The minimum Gasteiger partial charge on any atom is -1.00 e. The molecule has 0 spiro atoms. The second-order valence-electron chi connectivity index (χ2n) is 2.51. The fourth-order valence-corrected chi connectivity index (χ4v) is 0.907. The molecule has 1 rings (SSSR count). The highest BCUT2D eigenvalue weighted by Gasteiger charge is 2.03. The minimum absolute atomic E-state index is 0. The van der Waals surface area contributed by atoms with Gasteiger partial charge in [-0.05, 0) is 0 Å². The largest absolute Gasteiger partial charge is 1.00 e. The Morgan fingerprint density at radius 1 is 1.57 bits per heavy atom. The van der Waals surface area contributed by atoms with Crippen LogP contribution in [0.4, 0.5) is 0 Å². The molecule has 76 valence electrons. The molecule has 0 aliphatic heterocycles. The Morgan fingerprint density at radius 3 is 2.57 bits per heavy atom. The number of nitrogens with zero attached hydrogens (tertiary/aromatic N) is 2. The van der Waals surface area contributed by atoms with Gasteiger partial charge in [-0.1, -0.05) is 5.16 Å². The van der Waals surface area contributed by atoms with Crippen molar-refractivity contribution in [3.05, 3.63) is 30.1 Å². The average molecular weight is 307 g/mol. The molecule has 0 fully saturated rings. The van der Waals surface area contributed by atoms with Crippen molar-refractivity contribution in [2.45, 2.75) is 6.54 Å². The van der Waals surface area contributed by atoms with E-state index in [1.165, 1.54) is 6.21 Å². The monoisotopic (exact) mass is 307 g/mol. The third-order valence-electron chi connectivity index (χ3n) is 1.46. The van der Waals surface area contributed by atoms with Crippen LogP contribution in [0.2, 0.25) is 0 Å². The lowest BCUT2D eigenvalue weighted by Gasteiger charge is -1.92. The van der Waals surface area contributed by atoms with E-state index in [0.29, 0.717) is 0 Å². The molecular weight excluding hydrogens is 297 g/mol. The van der Waals surface area contributed by atoms with E-state index < -0.39 is 5.91 Å². The van der Waals surface area contributed by atoms with Gasteiger partial charge >= 0.3 is 0 Å². The normalized spacial score (nSPS) is 9.71. The zero-order valence-corrected chi connectivity index (χ0v) is 9.46. The molecule has 1 amide bonds. The molecule has 0 aliphatic rings. The second kappa shape index (κ2) is 6.30. The molecule has 6 heteroatoms. The smallest absolute Gasteiger partial charge is 0.283 e. The predicted molar refractivity (Wildman–Crippen MR) is 45.2 cm³/mol. The zero-order valence-electron chi connectivity index (χ0n) is 7.30. The summed E-state index contributed by atoms with van der Waals surface area (Å²) in [4.78, 5) is 10.5. The highest BCUT2D eigenvalue weighted by molar-refractivity contribution is 5.78. The van der Waals surface area contributed by atoms with Crippen molar-refractivity contribution in [1.82, 2.24) is 0 Å². The second-order valence-corrected chi connectivity index (χ2v) is 2.51. The minimum atomic E-state index is -0.395. The first kappa shape index (κ1) is 12.8. The van der Waals surface area contributed by atoms with Gasteiger partial charge in [0.2, 0.25) is 6.54 Å². The molecule has 0 atom stereocenters.